The predicted octanol–water partition coefficient (Wildman–Crippen LogP) is 2.38. The Morgan fingerprint density at radius 1 is 1.04 bits per heavy atom. The van der Waals surface area contributed by atoms with Crippen LogP contribution in [0.1, 0.15) is 18.9 Å². The lowest BCUT2D eigenvalue weighted by atomic mass is 10.1. The van der Waals surface area contributed by atoms with E-state index < -0.39 is 17.8 Å². The molecule has 2 rings (SSSR count). The van der Waals surface area contributed by atoms with E-state index in [4.69, 9.17) is 9.47 Å². The maximum atomic E-state index is 13.5. The fourth-order valence-electron chi connectivity index (χ4n) is 2.24. The molecule has 2 amide bonds. The fourth-order valence-corrected chi connectivity index (χ4v) is 2.24. The van der Waals surface area contributed by atoms with Crippen LogP contribution >= 0.6 is 0 Å². The minimum Gasteiger partial charge on any atom is -0.496 e. The van der Waals surface area contributed by atoms with Crippen molar-refractivity contribution in [2.75, 3.05) is 7.11 Å². The van der Waals surface area contributed by atoms with Gasteiger partial charge >= 0.3 is 0 Å². The number of halogens is 1. The molecule has 0 aliphatic carbocycles. The maximum absolute atomic E-state index is 13.5. The molecule has 0 aliphatic rings. The molecule has 2 aromatic carbocycles. The number of hydrogen-bond acceptors (Lipinski definition) is 4. The summed E-state index contributed by atoms with van der Waals surface area (Å²) in [5.74, 6) is -0.830. The van der Waals surface area contributed by atoms with Crippen molar-refractivity contribution in [1.82, 2.24) is 10.9 Å². The normalized spacial score (nSPS) is 11.3. The van der Waals surface area contributed by atoms with Gasteiger partial charge < -0.3 is 9.47 Å². The zero-order valence-corrected chi connectivity index (χ0v) is 14.6. The first-order valence-corrected chi connectivity index (χ1v) is 8.13. The largest absolute Gasteiger partial charge is 0.496 e. The van der Waals surface area contributed by atoms with Crippen molar-refractivity contribution >= 4 is 11.8 Å². The van der Waals surface area contributed by atoms with Gasteiger partial charge in [0.15, 0.2) is 17.7 Å². The zero-order valence-electron chi connectivity index (χ0n) is 14.6. The van der Waals surface area contributed by atoms with Gasteiger partial charge in [0.05, 0.1) is 7.11 Å². The van der Waals surface area contributed by atoms with Crippen LogP contribution in [0.25, 0.3) is 0 Å². The number of carbonyl (C=O) groups is 2. The molecule has 138 valence electrons. The number of ether oxygens (including phenoxy) is 2. The van der Waals surface area contributed by atoms with Crippen molar-refractivity contribution in [2.24, 2.45) is 0 Å². The minimum absolute atomic E-state index is 0.0300. The predicted molar refractivity (Wildman–Crippen MR) is 94.1 cm³/mol. The van der Waals surface area contributed by atoms with Gasteiger partial charge in [0, 0.05) is 6.42 Å². The van der Waals surface area contributed by atoms with Gasteiger partial charge in [0.1, 0.15) is 5.75 Å². The van der Waals surface area contributed by atoms with E-state index in [1.807, 2.05) is 24.3 Å². The highest BCUT2D eigenvalue weighted by Gasteiger charge is 2.17. The third-order valence-corrected chi connectivity index (χ3v) is 3.65. The van der Waals surface area contributed by atoms with E-state index in [1.165, 1.54) is 25.1 Å². The molecule has 0 aliphatic heterocycles. The molecule has 0 unspecified atom stereocenters. The van der Waals surface area contributed by atoms with Crippen molar-refractivity contribution in [3.05, 3.63) is 59.9 Å². The topological polar surface area (TPSA) is 76.7 Å². The van der Waals surface area contributed by atoms with Crippen LogP contribution in [0.2, 0.25) is 0 Å². The first kappa shape index (κ1) is 19.2. The highest BCUT2D eigenvalue weighted by atomic mass is 19.1. The molecule has 0 bridgehead atoms. The molecule has 0 radical (unpaired) electrons. The number of methoxy groups -OCH3 is 1. The van der Waals surface area contributed by atoms with Gasteiger partial charge in [-0.15, -0.1) is 0 Å². The van der Waals surface area contributed by atoms with Crippen molar-refractivity contribution < 1.29 is 23.5 Å². The number of carbonyl (C=O) groups excluding carboxylic acids is 2. The molecule has 2 N–H and O–H groups in total. The summed E-state index contributed by atoms with van der Waals surface area (Å²) in [7, 11) is 1.57. The fraction of sp³-hybridized carbons (Fsp3) is 0.263. The third-order valence-electron chi connectivity index (χ3n) is 3.65. The minimum atomic E-state index is -0.971. The van der Waals surface area contributed by atoms with Crippen LogP contribution in [0.15, 0.2) is 48.5 Å². The average molecular weight is 360 g/mol. The molecule has 1 atom stereocenters. The van der Waals surface area contributed by atoms with Crippen LogP contribution in [0.3, 0.4) is 0 Å². The highest BCUT2D eigenvalue weighted by molar-refractivity contribution is 5.84. The monoisotopic (exact) mass is 360 g/mol. The Labute approximate surface area is 151 Å². The van der Waals surface area contributed by atoms with Crippen LogP contribution in [-0.4, -0.2) is 25.0 Å². The summed E-state index contributed by atoms with van der Waals surface area (Å²) in [6.45, 7) is 1.46. The van der Waals surface area contributed by atoms with E-state index in [1.54, 1.807) is 13.2 Å². The summed E-state index contributed by atoms with van der Waals surface area (Å²) >= 11 is 0. The first-order valence-electron chi connectivity index (χ1n) is 8.13. The SMILES string of the molecule is COc1ccccc1CCC(=O)NNC(=O)[C@H](C)Oc1ccccc1F. The summed E-state index contributed by atoms with van der Waals surface area (Å²) in [4.78, 5) is 23.8. The molecule has 0 fully saturated rings. The number of hydrazine groups is 1. The number of amides is 2. The van der Waals surface area contributed by atoms with Gasteiger partial charge in [-0.2, -0.15) is 0 Å². The second-order valence-corrected chi connectivity index (χ2v) is 5.54. The van der Waals surface area contributed by atoms with Crippen LogP contribution in [0.4, 0.5) is 4.39 Å². The van der Waals surface area contributed by atoms with E-state index in [0.717, 1.165) is 5.56 Å². The standard InChI is InChI=1S/C19H21FN2O4/c1-13(26-17-10-6-4-8-15(17)20)19(24)22-21-18(23)12-11-14-7-3-5-9-16(14)25-2/h3-10,13H,11-12H2,1-2H3,(H,21,23)(H,22,24)/t13-/m0/s1. The van der Waals surface area contributed by atoms with Crippen LogP contribution in [0.5, 0.6) is 11.5 Å². The molecule has 7 heteroatoms. The second kappa shape index (κ2) is 9.41. The number of hydrogen-bond donors (Lipinski definition) is 2. The number of para-hydroxylation sites is 2. The van der Waals surface area contributed by atoms with Crippen molar-refractivity contribution in [1.29, 1.82) is 0 Å². The Morgan fingerprint density at radius 3 is 2.38 bits per heavy atom. The Balaban J connectivity index is 1.77. The summed E-state index contributed by atoms with van der Waals surface area (Å²) in [6, 6.07) is 13.2. The molecule has 0 heterocycles. The average Bonchev–Trinajstić information content (AvgIpc) is 2.66. The molecule has 2 aromatic rings. The number of benzene rings is 2. The first-order chi connectivity index (χ1) is 12.5. The Hall–Kier alpha value is -3.09. The Bertz CT molecular complexity index is 767. The van der Waals surface area contributed by atoms with Crippen molar-refractivity contribution in [2.45, 2.75) is 25.9 Å². The summed E-state index contributed by atoms with van der Waals surface area (Å²) in [6.07, 6.45) is -0.336. The van der Waals surface area contributed by atoms with Crippen LogP contribution in [0, 0.1) is 5.82 Å². The third kappa shape index (κ3) is 5.47. The molecule has 0 spiro atoms. The molecular weight excluding hydrogens is 339 g/mol. The van der Waals surface area contributed by atoms with Crippen LogP contribution in [-0.2, 0) is 16.0 Å². The van der Waals surface area contributed by atoms with Gasteiger partial charge in [-0.3, -0.25) is 20.4 Å². The molecule has 0 saturated carbocycles. The second-order valence-electron chi connectivity index (χ2n) is 5.54. The summed E-state index contributed by atoms with van der Waals surface area (Å²) in [5.41, 5.74) is 5.48. The number of rotatable bonds is 7. The van der Waals surface area contributed by atoms with Gasteiger partial charge in [-0.1, -0.05) is 30.3 Å². The lowest BCUT2D eigenvalue weighted by molar-refractivity contribution is -0.132. The van der Waals surface area contributed by atoms with E-state index in [2.05, 4.69) is 10.9 Å². The molecule has 26 heavy (non-hydrogen) atoms. The lowest BCUT2D eigenvalue weighted by Crippen LogP contribution is -2.47. The van der Waals surface area contributed by atoms with Gasteiger partial charge in [0.2, 0.25) is 5.91 Å². The summed E-state index contributed by atoms with van der Waals surface area (Å²) < 4.78 is 24.0. The van der Waals surface area contributed by atoms with E-state index >= 15 is 0 Å². The number of nitrogens with one attached hydrogen (secondary N) is 2. The molecule has 0 aromatic heterocycles. The van der Waals surface area contributed by atoms with Gasteiger partial charge in [0.25, 0.3) is 5.91 Å². The maximum Gasteiger partial charge on any atom is 0.279 e. The van der Waals surface area contributed by atoms with Crippen LogP contribution < -0.4 is 20.3 Å². The van der Waals surface area contributed by atoms with E-state index in [0.29, 0.717) is 12.2 Å². The van der Waals surface area contributed by atoms with Crippen molar-refractivity contribution in [3.8, 4) is 11.5 Å². The molecular formula is C19H21FN2O4. The quantitative estimate of drug-likeness (QED) is 0.744. The Morgan fingerprint density at radius 2 is 1.69 bits per heavy atom. The van der Waals surface area contributed by atoms with E-state index in [-0.39, 0.29) is 18.1 Å². The Kier molecular flexibility index (Phi) is 6.96. The van der Waals surface area contributed by atoms with Gasteiger partial charge in [-0.25, -0.2) is 4.39 Å². The van der Waals surface area contributed by atoms with Gasteiger partial charge in [-0.05, 0) is 37.1 Å². The van der Waals surface area contributed by atoms with E-state index in [9.17, 15) is 14.0 Å². The van der Waals surface area contributed by atoms with Crippen molar-refractivity contribution in [3.63, 3.8) is 0 Å². The highest BCUT2D eigenvalue weighted by Crippen LogP contribution is 2.19. The molecule has 6 nitrogen and oxygen atoms in total. The lowest BCUT2D eigenvalue weighted by Gasteiger charge is -2.15. The smallest absolute Gasteiger partial charge is 0.279 e. The zero-order chi connectivity index (χ0) is 18.9. The summed E-state index contributed by atoms with van der Waals surface area (Å²) in [5, 5.41) is 0. The number of aryl methyl sites for hydroxylation is 1. The molecule has 0 saturated heterocycles.